The third kappa shape index (κ3) is 4.24. The van der Waals surface area contributed by atoms with Crippen molar-refractivity contribution in [2.24, 2.45) is 11.7 Å². The van der Waals surface area contributed by atoms with E-state index in [1.807, 2.05) is 0 Å². The first-order valence-electron chi connectivity index (χ1n) is 10.2. The molecule has 0 atom stereocenters. The Morgan fingerprint density at radius 1 is 1.06 bits per heavy atom. The summed E-state index contributed by atoms with van der Waals surface area (Å²) in [7, 11) is 0. The molecule has 1 saturated carbocycles. The van der Waals surface area contributed by atoms with Crippen LogP contribution in [0.15, 0.2) is 30.3 Å². The Kier molecular flexibility index (Phi) is 6.38. The Balaban J connectivity index is 2.14. The first kappa shape index (κ1) is 24.2. The number of primary amides is 1. The topological polar surface area (TPSA) is 68.2 Å². The van der Waals surface area contributed by atoms with Gasteiger partial charge in [0.15, 0.2) is 0 Å². The molecule has 176 valence electrons. The standard InChI is InChI=1S/C22H24F6N2O2/c1-13-17(19(29)31)11-18(30(13)12-14-6-3-2-4-7-14)15-8-5-9-16(10-15)20(32,21(23,24)25)22(26,27)28/h5,8-11,14,32H,2-4,6-7,12H2,1H3,(H2,29,31). The number of amides is 1. The van der Waals surface area contributed by atoms with Gasteiger partial charge >= 0.3 is 12.4 Å². The van der Waals surface area contributed by atoms with Crippen molar-refractivity contribution in [3.05, 3.63) is 47.2 Å². The number of aromatic nitrogens is 1. The van der Waals surface area contributed by atoms with Crippen LogP contribution in [0, 0.1) is 12.8 Å². The highest BCUT2D eigenvalue weighted by atomic mass is 19.4. The number of alkyl halides is 6. The zero-order valence-corrected chi connectivity index (χ0v) is 17.4. The number of benzene rings is 1. The van der Waals surface area contributed by atoms with Gasteiger partial charge in [0, 0.05) is 23.5 Å². The minimum absolute atomic E-state index is 0.0147. The third-order valence-corrected chi connectivity index (χ3v) is 6.19. The fraction of sp³-hybridized carbons (Fsp3) is 0.500. The lowest BCUT2D eigenvalue weighted by molar-refractivity contribution is -0.376. The van der Waals surface area contributed by atoms with Gasteiger partial charge in [0.2, 0.25) is 0 Å². The SMILES string of the molecule is Cc1c(C(N)=O)cc(-c2cccc(C(O)(C(F)(F)F)C(F)(F)F)c2)n1CC1CCCCC1. The van der Waals surface area contributed by atoms with Crippen LogP contribution in [0.2, 0.25) is 0 Å². The Morgan fingerprint density at radius 3 is 2.19 bits per heavy atom. The number of carbonyl (C=O) groups excluding carboxylic acids is 1. The molecule has 32 heavy (non-hydrogen) atoms. The summed E-state index contributed by atoms with van der Waals surface area (Å²) < 4.78 is 81.8. The molecule has 1 aromatic heterocycles. The van der Waals surface area contributed by atoms with E-state index >= 15 is 0 Å². The second kappa shape index (κ2) is 8.46. The molecule has 4 nitrogen and oxygen atoms in total. The van der Waals surface area contributed by atoms with Crippen molar-refractivity contribution in [3.8, 4) is 11.3 Å². The number of carbonyl (C=O) groups is 1. The summed E-state index contributed by atoms with van der Waals surface area (Å²) in [4.78, 5) is 11.9. The monoisotopic (exact) mass is 462 g/mol. The molecule has 1 aliphatic rings. The van der Waals surface area contributed by atoms with E-state index < -0.39 is 29.4 Å². The van der Waals surface area contributed by atoms with Gasteiger partial charge in [0.1, 0.15) is 0 Å². The van der Waals surface area contributed by atoms with Gasteiger partial charge in [-0.15, -0.1) is 0 Å². The first-order chi connectivity index (χ1) is 14.8. The van der Waals surface area contributed by atoms with Crippen LogP contribution in [-0.2, 0) is 12.1 Å². The van der Waals surface area contributed by atoms with Crippen LogP contribution in [0.3, 0.4) is 0 Å². The average Bonchev–Trinajstić information content (AvgIpc) is 3.03. The number of halogens is 6. The lowest BCUT2D eigenvalue weighted by Gasteiger charge is -2.33. The predicted octanol–water partition coefficient (Wildman–Crippen LogP) is 5.45. The Hall–Kier alpha value is -2.49. The average molecular weight is 462 g/mol. The Labute approximate surface area is 181 Å². The third-order valence-electron chi connectivity index (χ3n) is 6.19. The van der Waals surface area contributed by atoms with E-state index in [0.717, 1.165) is 38.2 Å². The van der Waals surface area contributed by atoms with E-state index in [1.54, 1.807) is 11.5 Å². The summed E-state index contributed by atoms with van der Waals surface area (Å²) in [6, 6.07) is 4.98. The summed E-state index contributed by atoms with van der Waals surface area (Å²) in [5.41, 5.74) is -0.0252. The molecular weight excluding hydrogens is 438 g/mol. The molecular formula is C22H24F6N2O2. The van der Waals surface area contributed by atoms with Crippen LogP contribution >= 0.6 is 0 Å². The molecule has 0 unspecified atom stereocenters. The molecule has 1 aliphatic carbocycles. The van der Waals surface area contributed by atoms with Gasteiger partial charge in [-0.1, -0.05) is 37.5 Å². The number of nitrogens with zero attached hydrogens (tertiary/aromatic N) is 1. The maximum atomic E-state index is 13.3. The lowest BCUT2D eigenvalue weighted by atomic mass is 9.89. The van der Waals surface area contributed by atoms with E-state index in [2.05, 4.69) is 0 Å². The van der Waals surface area contributed by atoms with Crippen LogP contribution < -0.4 is 5.73 Å². The Morgan fingerprint density at radius 2 is 1.66 bits per heavy atom. The van der Waals surface area contributed by atoms with E-state index in [9.17, 15) is 36.2 Å². The summed E-state index contributed by atoms with van der Waals surface area (Å²) in [5.74, 6) is -0.482. The van der Waals surface area contributed by atoms with E-state index in [1.165, 1.54) is 12.1 Å². The van der Waals surface area contributed by atoms with Gasteiger partial charge < -0.3 is 15.4 Å². The van der Waals surface area contributed by atoms with Crippen LogP contribution in [0.5, 0.6) is 0 Å². The molecule has 10 heteroatoms. The van der Waals surface area contributed by atoms with E-state index in [4.69, 9.17) is 5.73 Å². The lowest BCUT2D eigenvalue weighted by Crippen LogP contribution is -2.53. The van der Waals surface area contributed by atoms with Gasteiger partial charge in [0.05, 0.1) is 5.56 Å². The molecule has 0 bridgehead atoms. The van der Waals surface area contributed by atoms with Gasteiger partial charge in [-0.3, -0.25) is 4.79 Å². The van der Waals surface area contributed by atoms with Crippen LogP contribution in [-0.4, -0.2) is 27.9 Å². The summed E-state index contributed by atoms with van der Waals surface area (Å²) >= 11 is 0. The number of rotatable bonds is 5. The number of aliphatic hydroxyl groups is 1. The maximum absolute atomic E-state index is 13.3. The van der Waals surface area contributed by atoms with Crippen molar-refractivity contribution in [1.29, 1.82) is 0 Å². The van der Waals surface area contributed by atoms with Crippen molar-refractivity contribution in [2.45, 2.75) is 63.5 Å². The second-order valence-corrected chi connectivity index (χ2v) is 8.29. The van der Waals surface area contributed by atoms with Gasteiger partial charge in [-0.2, -0.15) is 26.3 Å². The van der Waals surface area contributed by atoms with Crippen LogP contribution in [0.25, 0.3) is 11.3 Å². The summed E-state index contributed by atoms with van der Waals surface area (Å²) in [6.07, 6.45) is -6.93. The van der Waals surface area contributed by atoms with Crippen molar-refractivity contribution in [3.63, 3.8) is 0 Å². The van der Waals surface area contributed by atoms with Crippen LogP contribution in [0.1, 0.15) is 53.7 Å². The number of nitrogens with two attached hydrogens (primary N) is 1. The zero-order valence-electron chi connectivity index (χ0n) is 17.4. The molecule has 2 aromatic rings. The molecule has 1 heterocycles. The quantitative estimate of drug-likeness (QED) is 0.580. The highest BCUT2D eigenvalue weighted by molar-refractivity contribution is 5.95. The molecule has 1 amide bonds. The highest BCUT2D eigenvalue weighted by Gasteiger charge is 2.71. The zero-order chi connectivity index (χ0) is 23.9. The van der Waals surface area contributed by atoms with Gasteiger partial charge in [-0.05, 0) is 43.4 Å². The maximum Gasteiger partial charge on any atom is 0.430 e. The minimum Gasteiger partial charge on any atom is -0.369 e. The van der Waals surface area contributed by atoms with E-state index in [-0.39, 0.29) is 22.7 Å². The normalized spacial score (nSPS) is 16.4. The largest absolute Gasteiger partial charge is 0.430 e. The molecule has 1 fully saturated rings. The van der Waals surface area contributed by atoms with Crippen molar-refractivity contribution in [1.82, 2.24) is 4.57 Å². The summed E-state index contributed by atoms with van der Waals surface area (Å²) in [5, 5.41) is 9.77. The minimum atomic E-state index is -5.98. The molecule has 3 N–H and O–H groups in total. The molecule has 0 spiro atoms. The molecule has 1 aromatic carbocycles. The summed E-state index contributed by atoms with van der Waals surface area (Å²) in [6.45, 7) is 2.10. The molecule has 3 rings (SSSR count). The van der Waals surface area contributed by atoms with Crippen molar-refractivity contribution >= 4 is 5.91 Å². The fourth-order valence-corrected chi connectivity index (χ4v) is 4.39. The van der Waals surface area contributed by atoms with Crippen molar-refractivity contribution < 1.29 is 36.2 Å². The Bertz CT molecular complexity index is 973. The van der Waals surface area contributed by atoms with Crippen LogP contribution in [0.4, 0.5) is 26.3 Å². The first-order valence-corrected chi connectivity index (χ1v) is 10.2. The predicted molar refractivity (Wildman–Crippen MR) is 106 cm³/mol. The second-order valence-electron chi connectivity index (χ2n) is 8.29. The molecule has 0 radical (unpaired) electrons. The van der Waals surface area contributed by atoms with Gasteiger partial charge in [-0.25, -0.2) is 0 Å². The molecule has 0 aliphatic heterocycles. The number of hydrogen-bond acceptors (Lipinski definition) is 2. The fourth-order valence-electron chi connectivity index (χ4n) is 4.39. The van der Waals surface area contributed by atoms with E-state index in [0.29, 0.717) is 24.4 Å². The molecule has 0 saturated heterocycles. The smallest absolute Gasteiger partial charge is 0.369 e. The highest BCUT2D eigenvalue weighted by Crippen LogP contribution is 2.50. The number of hydrogen-bond donors (Lipinski definition) is 2. The van der Waals surface area contributed by atoms with Crippen molar-refractivity contribution in [2.75, 3.05) is 0 Å². The van der Waals surface area contributed by atoms with Gasteiger partial charge in [0.25, 0.3) is 11.5 Å².